The summed E-state index contributed by atoms with van der Waals surface area (Å²) in [4.78, 5) is 27.9. The van der Waals surface area contributed by atoms with Gasteiger partial charge in [-0.25, -0.2) is 19.3 Å². The second-order valence-corrected chi connectivity index (χ2v) is 7.49. The van der Waals surface area contributed by atoms with Crippen molar-refractivity contribution in [1.29, 1.82) is 0 Å². The molecule has 0 unspecified atom stereocenters. The Labute approximate surface area is 156 Å². The predicted octanol–water partition coefficient (Wildman–Crippen LogP) is 2.67. The molecule has 138 valence electrons. The molecule has 5 rings (SSSR count). The fraction of sp³-hybridized carbons (Fsp3) is 0.333. The summed E-state index contributed by atoms with van der Waals surface area (Å²) in [5.41, 5.74) is 2.57. The minimum Gasteiger partial charge on any atom is -0.274 e. The maximum absolute atomic E-state index is 13.4. The van der Waals surface area contributed by atoms with Crippen molar-refractivity contribution in [1.82, 2.24) is 10.0 Å². The van der Waals surface area contributed by atoms with Gasteiger partial charge in [-0.1, -0.05) is 29.8 Å². The Bertz CT molecular complexity index is 912. The van der Waals surface area contributed by atoms with Gasteiger partial charge in [0.05, 0.1) is 17.6 Å². The highest BCUT2D eigenvalue weighted by molar-refractivity contribution is 6.24. The number of imide groups is 1. The second kappa shape index (κ2) is 5.97. The van der Waals surface area contributed by atoms with Crippen LogP contribution in [0.2, 0.25) is 0 Å². The van der Waals surface area contributed by atoms with E-state index in [1.807, 2.05) is 36.2 Å². The lowest BCUT2D eigenvalue weighted by atomic mass is 9.90. The van der Waals surface area contributed by atoms with Gasteiger partial charge in [0.2, 0.25) is 5.91 Å². The van der Waals surface area contributed by atoms with E-state index >= 15 is 0 Å². The van der Waals surface area contributed by atoms with Crippen molar-refractivity contribution in [3.63, 3.8) is 0 Å². The zero-order chi connectivity index (χ0) is 18.7. The molecule has 0 aromatic heterocycles. The monoisotopic (exact) mass is 365 g/mol. The lowest BCUT2D eigenvalue weighted by molar-refractivity contribution is -0.126. The molecule has 0 aliphatic carbocycles. The van der Waals surface area contributed by atoms with Crippen LogP contribution in [-0.2, 0) is 9.59 Å². The highest BCUT2D eigenvalue weighted by Crippen LogP contribution is 2.48. The fourth-order valence-corrected chi connectivity index (χ4v) is 4.72. The summed E-state index contributed by atoms with van der Waals surface area (Å²) in [7, 11) is 0. The van der Waals surface area contributed by atoms with E-state index in [0.29, 0.717) is 5.69 Å². The Balaban J connectivity index is 1.57. The number of anilines is 1. The fourth-order valence-electron chi connectivity index (χ4n) is 4.72. The van der Waals surface area contributed by atoms with Crippen molar-refractivity contribution in [2.45, 2.75) is 25.4 Å². The molecular weight excluding hydrogens is 345 g/mol. The molecule has 27 heavy (non-hydrogen) atoms. The van der Waals surface area contributed by atoms with Crippen LogP contribution in [0.3, 0.4) is 0 Å². The summed E-state index contributed by atoms with van der Waals surface area (Å²) in [6.45, 7) is 3.54. The zero-order valence-electron chi connectivity index (χ0n) is 15.0. The molecule has 0 saturated carbocycles. The van der Waals surface area contributed by atoms with Gasteiger partial charge in [0, 0.05) is 13.1 Å². The number of fused-ring (bicyclic) bond motifs is 3. The van der Waals surface area contributed by atoms with Crippen LogP contribution in [0.15, 0.2) is 48.5 Å². The molecule has 6 heteroatoms. The molecule has 0 radical (unpaired) electrons. The maximum atomic E-state index is 13.4. The SMILES string of the molecule is Cc1ccc(N2C(=O)[C@@H]3[C@@H](C2=O)N2CCCN2[C@@H]3c2ccc(F)cc2)cc1. The van der Waals surface area contributed by atoms with Crippen molar-refractivity contribution in [3.8, 4) is 0 Å². The van der Waals surface area contributed by atoms with Crippen LogP contribution in [0.1, 0.15) is 23.6 Å². The Morgan fingerprint density at radius 2 is 1.48 bits per heavy atom. The first-order chi connectivity index (χ1) is 13.1. The van der Waals surface area contributed by atoms with E-state index in [0.717, 1.165) is 30.6 Å². The van der Waals surface area contributed by atoms with Crippen LogP contribution in [-0.4, -0.2) is 41.0 Å². The maximum Gasteiger partial charge on any atom is 0.253 e. The van der Waals surface area contributed by atoms with Crippen LogP contribution in [0.4, 0.5) is 10.1 Å². The number of rotatable bonds is 2. The Kier molecular flexibility index (Phi) is 3.67. The lowest BCUT2D eigenvalue weighted by Crippen LogP contribution is -2.44. The van der Waals surface area contributed by atoms with Gasteiger partial charge in [0.1, 0.15) is 11.9 Å². The van der Waals surface area contributed by atoms with Gasteiger partial charge in [-0.2, -0.15) is 0 Å². The van der Waals surface area contributed by atoms with Crippen molar-refractivity contribution in [3.05, 3.63) is 65.5 Å². The summed E-state index contributed by atoms with van der Waals surface area (Å²) >= 11 is 0. The molecule has 2 aromatic rings. The molecule has 3 atom stereocenters. The van der Waals surface area contributed by atoms with E-state index < -0.39 is 12.0 Å². The summed E-state index contributed by atoms with van der Waals surface area (Å²) < 4.78 is 13.4. The first-order valence-electron chi connectivity index (χ1n) is 9.29. The van der Waals surface area contributed by atoms with Crippen LogP contribution in [0.25, 0.3) is 0 Å². The van der Waals surface area contributed by atoms with Crippen LogP contribution < -0.4 is 4.90 Å². The predicted molar refractivity (Wildman–Crippen MR) is 98.1 cm³/mol. The second-order valence-electron chi connectivity index (χ2n) is 7.49. The number of hydrogen-bond acceptors (Lipinski definition) is 4. The summed E-state index contributed by atoms with van der Waals surface area (Å²) in [6, 6.07) is 13.0. The number of carbonyl (C=O) groups is 2. The summed E-state index contributed by atoms with van der Waals surface area (Å²) in [6.07, 6.45) is 0.951. The number of nitrogens with zero attached hydrogens (tertiary/aromatic N) is 3. The largest absolute Gasteiger partial charge is 0.274 e. The quantitative estimate of drug-likeness (QED) is 0.768. The molecule has 3 aliphatic rings. The Hall–Kier alpha value is -2.57. The smallest absolute Gasteiger partial charge is 0.253 e. The standard InChI is InChI=1S/C21H20FN3O2/c1-13-3-9-16(10-4-13)25-20(26)17-18(14-5-7-15(22)8-6-14)23-11-2-12-24(23)19(17)21(25)27/h3-10,17-19H,2,11-12H2,1H3/t17-,18+,19-/m0/s1. The number of hydrazine groups is 1. The highest BCUT2D eigenvalue weighted by Gasteiger charge is 2.62. The number of halogens is 1. The van der Waals surface area contributed by atoms with Crippen molar-refractivity contribution >= 4 is 17.5 Å². The molecule has 0 bridgehead atoms. The van der Waals surface area contributed by atoms with E-state index in [9.17, 15) is 14.0 Å². The summed E-state index contributed by atoms with van der Waals surface area (Å²) in [5, 5.41) is 4.18. The van der Waals surface area contributed by atoms with E-state index in [2.05, 4.69) is 5.01 Å². The number of aryl methyl sites for hydroxylation is 1. The van der Waals surface area contributed by atoms with Crippen molar-refractivity contribution in [2.75, 3.05) is 18.0 Å². The van der Waals surface area contributed by atoms with E-state index in [1.165, 1.54) is 17.0 Å². The third kappa shape index (κ3) is 2.37. The van der Waals surface area contributed by atoms with Gasteiger partial charge in [0.15, 0.2) is 0 Å². The van der Waals surface area contributed by atoms with Gasteiger partial charge in [-0.3, -0.25) is 9.59 Å². The van der Waals surface area contributed by atoms with Gasteiger partial charge in [0.25, 0.3) is 5.91 Å². The van der Waals surface area contributed by atoms with E-state index in [1.54, 1.807) is 12.1 Å². The third-order valence-electron chi connectivity index (χ3n) is 5.91. The topological polar surface area (TPSA) is 43.9 Å². The minimum atomic E-state index is -0.476. The van der Waals surface area contributed by atoms with Gasteiger partial charge >= 0.3 is 0 Å². The highest BCUT2D eigenvalue weighted by atomic mass is 19.1. The average molecular weight is 365 g/mol. The first kappa shape index (κ1) is 16.6. The average Bonchev–Trinajstić information content (AvgIpc) is 3.30. The zero-order valence-corrected chi connectivity index (χ0v) is 15.0. The number of benzene rings is 2. The van der Waals surface area contributed by atoms with Gasteiger partial charge < -0.3 is 0 Å². The molecule has 2 aromatic carbocycles. The molecule has 3 saturated heterocycles. The number of amides is 2. The normalized spacial score (nSPS) is 28.1. The Morgan fingerprint density at radius 1 is 0.852 bits per heavy atom. The minimum absolute atomic E-state index is 0.162. The van der Waals surface area contributed by atoms with Crippen molar-refractivity contribution in [2.24, 2.45) is 5.92 Å². The number of hydrogen-bond donors (Lipinski definition) is 0. The molecule has 2 amide bonds. The van der Waals surface area contributed by atoms with Crippen molar-refractivity contribution < 1.29 is 14.0 Å². The Morgan fingerprint density at radius 3 is 2.15 bits per heavy atom. The van der Waals surface area contributed by atoms with Gasteiger partial charge in [-0.05, 0) is 43.2 Å². The van der Waals surface area contributed by atoms with Crippen LogP contribution >= 0.6 is 0 Å². The lowest BCUT2D eigenvalue weighted by Gasteiger charge is -2.29. The molecule has 3 fully saturated rings. The molecule has 0 spiro atoms. The molecule has 0 N–H and O–H groups in total. The molecule has 3 heterocycles. The first-order valence-corrected chi connectivity index (χ1v) is 9.29. The van der Waals surface area contributed by atoms with Gasteiger partial charge in [-0.15, -0.1) is 0 Å². The molecule has 3 aliphatic heterocycles. The van der Waals surface area contributed by atoms with E-state index in [4.69, 9.17) is 0 Å². The number of carbonyl (C=O) groups excluding carboxylic acids is 2. The summed E-state index contributed by atoms with van der Waals surface area (Å²) in [5.74, 6) is -1.10. The molecular formula is C21H20FN3O2. The molecule has 5 nitrogen and oxygen atoms in total. The third-order valence-corrected chi connectivity index (χ3v) is 5.91. The van der Waals surface area contributed by atoms with Crippen LogP contribution in [0, 0.1) is 18.7 Å². The van der Waals surface area contributed by atoms with E-state index in [-0.39, 0.29) is 23.7 Å². The van der Waals surface area contributed by atoms with Crippen LogP contribution in [0.5, 0.6) is 0 Å².